The molecular weight excluding hydrogens is 222 g/mol. The molecule has 106 valence electrons. The Hall–Kier alpha value is -0.0800. The Morgan fingerprint density at radius 3 is 2.28 bits per heavy atom. The van der Waals surface area contributed by atoms with Crippen LogP contribution < -0.4 is 0 Å². The average molecular weight is 253 g/mol. The molecule has 2 aliphatic rings. The lowest BCUT2D eigenvalue weighted by atomic mass is 9.87. The normalized spacial score (nSPS) is 25.5. The van der Waals surface area contributed by atoms with Crippen LogP contribution in [0.15, 0.2) is 0 Å². The van der Waals surface area contributed by atoms with Crippen molar-refractivity contribution < 1.29 is 5.11 Å². The molecule has 0 aromatic carbocycles. The first-order chi connectivity index (χ1) is 8.60. The summed E-state index contributed by atoms with van der Waals surface area (Å²) in [6, 6.07) is 0. The van der Waals surface area contributed by atoms with E-state index in [0.29, 0.717) is 0 Å². The van der Waals surface area contributed by atoms with Crippen LogP contribution in [0.1, 0.15) is 71.6 Å². The van der Waals surface area contributed by atoms with Crippen molar-refractivity contribution >= 4 is 0 Å². The van der Waals surface area contributed by atoms with Gasteiger partial charge in [0.05, 0.1) is 6.10 Å². The number of aliphatic hydroxyl groups is 1. The van der Waals surface area contributed by atoms with E-state index < -0.39 is 0 Å². The fourth-order valence-electron chi connectivity index (χ4n) is 3.73. The summed E-state index contributed by atoms with van der Waals surface area (Å²) in [4.78, 5) is 2.51. The number of likely N-dealkylation sites (tertiary alicyclic amines) is 1. The van der Waals surface area contributed by atoms with Crippen molar-refractivity contribution in [2.45, 2.75) is 83.3 Å². The van der Waals surface area contributed by atoms with Gasteiger partial charge in [-0.05, 0) is 58.5 Å². The molecule has 0 aromatic rings. The van der Waals surface area contributed by atoms with Gasteiger partial charge in [-0.2, -0.15) is 0 Å². The molecule has 1 saturated heterocycles. The third-order valence-electron chi connectivity index (χ3n) is 5.31. The van der Waals surface area contributed by atoms with Crippen molar-refractivity contribution in [3.05, 3.63) is 0 Å². The molecule has 1 aliphatic heterocycles. The van der Waals surface area contributed by atoms with Gasteiger partial charge in [-0.15, -0.1) is 0 Å². The number of hydrogen-bond donors (Lipinski definition) is 1. The summed E-state index contributed by atoms with van der Waals surface area (Å²) < 4.78 is 0. The van der Waals surface area contributed by atoms with Gasteiger partial charge in [0, 0.05) is 5.54 Å². The van der Waals surface area contributed by atoms with Crippen molar-refractivity contribution in [1.82, 2.24) is 4.90 Å². The zero-order valence-electron chi connectivity index (χ0n) is 12.3. The SMILES string of the molecule is CC(C)(C(O)CCC1CCCC1)N1CCCCC1. The van der Waals surface area contributed by atoms with E-state index in [-0.39, 0.29) is 11.6 Å². The maximum absolute atomic E-state index is 10.5. The highest BCUT2D eigenvalue weighted by atomic mass is 16.3. The van der Waals surface area contributed by atoms with Crippen LogP contribution in [0.3, 0.4) is 0 Å². The third-order valence-corrected chi connectivity index (χ3v) is 5.31. The van der Waals surface area contributed by atoms with Crippen LogP contribution in [0, 0.1) is 5.92 Å². The van der Waals surface area contributed by atoms with E-state index in [1.807, 2.05) is 0 Å². The monoisotopic (exact) mass is 253 g/mol. The fourth-order valence-corrected chi connectivity index (χ4v) is 3.73. The van der Waals surface area contributed by atoms with Crippen molar-refractivity contribution in [2.75, 3.05) is 13.1 Å². The molecule has 0 radical (unpaired) electrons. The molecule has 2 heteroatoms. The minimum atomic E-state index is -0.156. The smallest absolute Gasteiger partial charge is 0.0718 e. The van der Waals surface area contributed by atoms with Gasteiger partial charge in [-0.3, -0.25) is 4.90 Å². The number of aliphatic hydroxyl groups excluding tert-OH is 1. The van der Waals surface area contributed by atoms with E-state index in [0.717, 1.165) is 12.3 Å². The van der Waals surface area contributed by atoms with Crippen molar-refractivity contribution in [2.24, 2.45) is 5.92 Å². The van der Waals surface area contributed by atoms with Crippen LogP contribution in [-0.4, -0.2) is 34.7 Å². The predicted molar refractivity (Wildman–Crippen MR) is 76.7 cm³/mol. The molecule has 1 aliphatic carbocycles. The van der Waals surface area contributed by atoms with Gasteiger partial charge in [0.15, 0.2) is 0 Å². The molecule has 2 nitrogen and oxygen atoms in total. The quantitative estimate of drug-likeness (QED) is 0.809. The summed E-state index contributed by atoms with van der Waals surface area (Å²) in [5.41, 5.74) is -0.0287. The Bertz CT molecular complexity index is 239. The fraction of sp³-hybridized carbons (Fsp3) is 1.00. The standard InChI is InChI=1S/C16H31NO/c1-16(2,17-12-6-3-7-13-17)15(18)11-10-14-8-4-5-9-14/h14-15,18H,3-13H2,1-2H3. The van der Waals surface area contributed by atoms with Gasteiger partial charge in [-0.1, -0.05) is 32.1 Å². The highest BCUT2D eigenvalue weighted by molar-refractivity contribution is 4.90. The second-order valence-corrected chi connectivity index (χ2v) is 6.95. The van der Waals surface area contributed by atoms with Crippen LogP contribution in [0.2, 0.25) is 0 Å². The lowest BCUT2D eigenvalue weighted by molar-refractivity contribution is -0.0256. The van der Waals surface area contributed by atoms with E-state index >= 15 is 0 Å². The van der Waals surface area contributed by atoms with Crippen molar-refractivity contribution in [3.8, 4) is 0 Å². The Balaban J connectivity index is 1.79. The second-order valence-electron chi connectivity index (χ2n) is 6.95. The van der Waals surface area contributed by atoms with Gasteiger partial charge < -0.3 is 5.11 Å². The number of hydrogen-bond acceptors (Lipinski definition) is 2. The molecule has 1 atom stereocenters. The van der Waals surface area contributed by atoms with E-state index in [4.69, 9.17) is 0 Å². The van der Waals surface area contributed by atoms with Gasteiger partial charge >= 0.3 is 0 Å². The summed E-state index contributed by atoms with van der Waals surface area (Å²) in [5, 5.41) is 10.5. The first kappa shape index (κ1) is 14.3. The Morgan fingerprint density at radius 1 is 1.06 bits per heavy atom. The molecule has 2 fully saturated rings. The topological polar surface area (TPSA) is 23.5 Å². The molecule has 2 rings (SSSR count). The molecule has 0 bridgehead atoms. The molecule has 1 unspecified atom stereocenters. The van der Waals surface area contributed by atoms with Crippen LogP contribution in [0.5, 0.6) is 0 Å². The van der Waals surface area contributed by atoms with Gasteiger partial charge in [-0.25, -0.2) is 0 Å². The lowest BCUT2D eigenvalue weighted by Gasteiger charge is -2.44. The molecule has 18 heavy (non-hydrogen) atoms. The van der Waals surface area contributed by atoms with E-state index in [1.165, 1.54) is 64.5 Å². The van der Waals surface area contributed by atoms with Gasteiger partial charge in [0.25, 0.3) is 0 Å². The Kier molecular flexibility index (Phi) is 5.08. The molecule has 0 aromatic heterocycles. The largest absolute Gasteiger partial charge is 0.391 e. The highest BCUT2D eigenvalue weighted by Gasteiger charge is 2.35. The van der Waals surface area contributed by atoms with Crippen LogP contribution >= 0.6 is 0 Å². The summed E-state index contributed by atoms with van der Waals surface area (Å²) in [6.07, 6.45) is 11.7. The first-order valence-electron chi connectivity index (χ1n) is 8.04. The van der Waals surface area contributed by atoms with Crippen LogP contribution in [0.25, 0.3) is 0 Å². The van der Waals surface area contributed by atoms with Gasteiger partial charge in [0.1, 0.15) is 0 Å². The van der Waals surface area contributed by atoms with Gasteiger partial charge in [0.2, 0.25) is 0 Å². The van der Waals surface area contributed by atoms with Crippen molar-refractivity contribution in [1.29, 1.82) is 0 Å². The maximum atomic E-state index is 10.5. The Morgan fingerprint density at radius 2 is 1.67 bits per heavy atom. The molecule has 1 saturated carbocycles. The molecule has 0 spiro atoms. The molecule has 1 heterocycles. The number of piperidine rings is 1. The lowest BCUT2D eigenvalue weighted by Crippen LogP contribution is -2.54. The minimum absolute atomic E-state index is 0.0287. The maximum Gasteiger partial charge on any atom is 0.0718 e. The zero-order chi connectivity index (χ0) is 13.0. The van der Waals surface area contributed by atoms with E-state index in [1.54, 1.807) is 0 Å². The predicted octanol–water partition coefficient (Wildman–Crippen LogP) is 3.58. The minimum Gasteiger partial charge on any atom is -0.391 e. The summed E-state index contributed by atoms with van der Waals surface area (Å²) in [7, 11) is 0. The van der Waals surface area contributed by atoms with Crippen molar-refractivity contribution in [3.63, 3.8) is 0 Å². The number of rotatable bonds is 5. The van der Waals surface area contributed by atoms with Crippen LogP contribution in [-0.2, 0) is 0 Å². The summed E-state index contributed by atoms with van der Waals surface area (Å²) in [5.74, 6) is 0.900. The summed E-state index contributed by atoms with van der Waals surface area (Å²) in [6.45, 7) is 6.82. The third kappa shape index (κ3) is 3.48. The molecule has 1 N–H and O–H groups in total. The van der Waals surface area contributed by atoms with E-state index in [2.05, 4.69) is 18.7 Å². The van der Waals surface area contributed by atoms with E-state index in [9.17, 15) is 5.11 Å². The zero-order valence-corrected chi connectivity index (χ0v) is 12.3. The Labute approximate surface area is 113 Å². The first-order valence-corrected chi connectivity index (χ1v) is 8.04. The molecule has 0 amide bonds. The highest BCUT2D eigenvalue weighted by Crippen LogP contribution is 2.32. The summed E-state index contributed by atoms with van der Waals surface area (Å²) >= 11 is 0. The second kappa shape index (κ2) is 6.38. The number of nitrogens with zero attached hydrogens (tertiary/aromatic N) is 1. The van der Waals surface area contributed by atoms with Crippen LogP contribution in [0.4, 0.5) is 0 Å². The molecular formula is C16H31NO. The average Bonchev–Trinajstić information content (AvgIpc) is 2.90.